The molecule has 0 radical (unpaired) electrons. The molecule has 0 aliphatic heterocycles. The second kappa shape index (κ2) is 4.06. The standard InChI is InChI=1S/C11H19N3O/c1-6(2)14-8(4)10(13)7(3)9(5-12)11(14)15/h6H,5,12-13H2,1-4H3. The van der Waals surface area contributed by atoms with E-state index in [4.69, 9.17) is 11.5 Å². The van der Waals surface area contributed by atoms with E-state index < -0.39 is 0 Å². The van der Waals surface area contributed by atoms with Crippen LogP contribution in [0.3, 0.4) is 0 Å². The zero-order valence-electron chi connectivity index (χ0n) is 9.79. The van der Waals surface area contributed by atoms with Gasteiger partial charge in [-0.2, -0.15) is 0 Å². The number of pyridine rings is 1. The van der Waals surface area contributed by atoms with E-state index in [1.807, 2.05) is 27.7 Å². The number of hydrogen-bond acceptors (Lipinski definition) is 3. The first-order valence-electron chi connectivity index (χ1n) is 5.11. The first-order chi connectivity index (χ1) is 6.91. The van der Waals surface area contributed by atoms with E-state index in [0.29, 0.717) is 11.3 Å². The summed E-state index contributed by atoms with van der Waals surface area (Å²) in [6, 6.07) is 0.102. The zero-order valence-corrected chi connectivity index (χ0v) is 9.79. The lowest BCUT2D eigenvalue weighted by molar-refractivity contribution is 0.558. The van der Waals surface area contributed by atoms with E-state index in [-0.39, 0.29) is 18.1 Å². The van der Waals surface area contributed by atoms with E-state index in [1.54, 1.807) is 4.57 Å². The summed E-state index contributed by atoms with van der Waals surface area (Å²) < 4.78 is 1.70. The number of rotatable bonds is 2. The first-order valence-corrected chi connectivity index (χ1v) is 5.11. The van der Waals surface area contributed by atoms with Crippen LogP contribution < -0.4 is 17.0 Å². The van der Waals surface area contributed by atoms with Gasteiger partial charge in [0.1, 0.15) is 0 Å². The highest BCUT2D eigenvalue weighted by atomic mass is 16.1. The van der Waals surface area contributed by atoms with Gasteiger partial charge < -0.3 is 16.0 Å². The minimum absolute atomic E-state index is 0.0169. The van der Waals surface area contributed by atoms with Gasteiger partial charge in [-0.05, 0) is 33.3 Å². The van der Waals surface area contributed by atoms with Gasteiger partial charge >= 0.3 is 0 Å². The molecule has 4 N–H and O–H groups in total. The summed E-state index contributed by atoms with van der Waals surface area (Å²) in [5.74, 6) is 0. The van der Waals surface area contributed by atoms with Crippen molar-refractivity contribution in [2.75, 3.05) is 5.73 Å². The molecule has 0 atom stereocenters. The van der Waals surface area contributed by atoms with Crippen molar-refractivity contribution in [1.82, 2.24) is 4.57 Å². The predicted molar refractivity (Wildman–Crippen MR) is 62.9 cm³/mol. The van der Waals surface area contributed by atoms with Gasteiger partial charge in [0.2, 0.25) is 0 Å². The zero-order chi connectivity index (χ0) is 11.7. The van der Waals surface area contributed by atoms with Crippen LogP contribution in [0.1, 0.15) is 36.7 Å². The second-order valence-electron chi connectivity index (χ2n) is 4.08. The average Bonchev–Trinajstić information content (AvgIpc) is 2.15. The summed E-state index contributed by atoms with van der Waals surface area (Å²) in [6.07, 6.45) is 0. The third-order valence-corrected chi connectivity index (χ3v) is 2.81. The van der Waals surface area contributed by atoms with Gasteiger partial charge in [0, 0.05) is 23.8 Å². The Hall–Kier alpha value is -1.29. The van der Waals surface area contributed by atoms with Crippen molar-refractivity contribution in [2.24, 2.45) is 5.73 Å². The maximum absolute atomic E-state index is 12.1. The van der Waals surface area contributed by atoms with Crippen LogP contribution in [-0.2, 0) is 6.54 Å². The fourth-order valence-corrected chi connectivity index (χ4v) is 1.88. The number of nitrogens with two attached hydrogens (primary N) is 2. The number of aromatic nitrogens is 1. The van der Waals surface area contributed by atoms with Crippen LogP contribution in [0.25, 0.3) is 0 Å². The van der Waals surface area contributed by atoms with Crippen molar-refractivity contribution >= 4 is 5.69 Å². The molecule has 1 aromatic heterocycles. The minimum atomic E-state index is -0.0169. The van der Waals surface area contributed by atoms with Crippen LogP contribution in [0.4, 0.5) is 5.69 Å². The summed E-state index contributed by atoms with van der Waals surface area (Å²) in [5.41, 5.74) is 14.4. The Morgan fingerprint density at radius 3 is 2.27 bits per heavy atom. The molecule has 0 aliphatic rings. The van der Waals surface area contributed by atoms with Gasteiger partial charge in [-0.15, -0.1) is 0 Å². The smallest absolute Gasteiger partial charge is 0.255 e. The maximum atomic E-state index is 12.1. The van der Waals surface area contributed by atoms with Crippen molar-refractivity contribution < 1.29 is 0 Å². The molecule has 4 nitrogen and oxygen atoms in total. The Kier molecular flexibility index (Phi) is 3.19. The first kappa shape index (κ1) is 11.8. The van der Waals surface area contributed by atoms with Gasteiger partial charge in [0.05, 0.1) is 5.69 Å². The molecule has 0 aromatic carbocycles. The minimum Gasteiger partial charge on any atom is -0.397 e. The molecule has 0 saturated heterocycles. The normalized spacial score (nSPS) is 11.1. The topological polar surface area (TPSA) is 74.0 Å². The quantitative estimate of drug-likeness (QED) is 0.765. The highest BCUT2D eigenvalue weighted by Gasteiger charge is 2.15. The molecule has 0 unspecified atom stereocenters. The van der Waals surface area contributed by atoms with Gasteiger partial charge in [0.15, 0.2) is 0 Å². The summed E-state index contributed by atoms with van der Waals surface area (Å²) in [4.78, 5) is 12.1. The lowest BCUT2D eigenvalue weighted by Gasteiger charge is -2.19. The van der Waals surface area contributed by atoms with E-state index in [0.717, 1.165) is 11.3 Å². The Labute approximate surface area is 89.9 Å². The van der Waals surface area contributed by atoms with E-state index in [1.165, 1.54) is 0 Å². The van der Waals surface area contributed by atoms with Gasteiger partial charge in [-0.3, -0.25) is 4.79 Å². The van der Waals surface area contributed by atoms with Crippen molar-refractivity contribution in [2.45, 2.75) is 40.3 Å². The fraction of sp³-hybridized carbons (Fsp3) is 0.545. The summed E-state index contributed by atoms with van der Waals surface area (Å²) >= 11 is 0. The molecule has 0 aliphatic carbocycles. The van der Waals surface area contributed by atoms with Crippen molar-refractivity contribution in [3.8, 4) is 0 Å². The molecule has 4 heteroatoms. The van der Waals surface area contributed by atoms with Crippen molar-refractivity contribution in [3.05, 3.63) is 27.2 Å². The van der Waals surface area contributed by atoms with Crippen LogP contribution in [0.2, 0.25) is 0 Å². The monoisotopic (exact) mass is 209 g/mol. The van der Waals surface area contributed by atoms with E-state index in [2.05, 4.69) is 0 Å². The molecule has 1 heterocycles. The highest BCUT2D eigenvalue weighted by Crippen LogP contribution is 2.19. The number of anilines is 1. The van der Waals surface area contributed by atoms with E-state index in [9.17, 15) is 4.79 Å². The maximum Gasteiger partial charge on any atom is 0.255 e. The highest BCUT2D eigenvalue weighted by molar-refractivity contribution is 5.53. The second-order valence-corrected chi connectivity index (χ2v) is 4.08. The van der Waals surface area contributed by atoms with Crippen LogP contribution in [0, 0.1) is 13.8 Å². The Morgan fingerprint density at radius 2 is 1.87 bits per heavy atom. The lowest BCUT2D eigenvalue weighted by Crippen LogP contribution is -2.30. The van der Waals surface area contributed by atoms with Gasteiger partial charge in [0.25, 0.3) is 5.56 Å². The van der Waals surface area contributed by atoms with Crippen molar-refractivity contribution in [1.29, 1.82) is 0 Å². The third kappa shape index (κ3) is 1.77. The molecular formula is C11H19N3O. The largest absolute Gasteiger partial charge is 0.397 e. The van der Waals surface area contributed by atoms with Gasteiger partial charge in [-0.1, -0.05) is 0 Å². The molecule has 0 fully saturated rings. The summed E-state index contributed by atoms with van der Waals surface area (Å²) in [7, 11) is 0. The number of hydrogen-bond donors (Lipinski definition) is 2. The lowest BCUT2D eigenvalue weighted by atomic mass is 10.1. The van der Waals surface area contributed by atoms with Crippen molar-refractivity contribution in [3.63, 3.8) is 0 Å². The Morgan fingerprint density at radius 1 is 1.33 bits per heavy atom. The van der Waals surface area contributed by atoms with Crippen LogP contribution in [0.15, 0.2) is 4.79 Å². The average molecular weight is 209 g/mol. The molecule has 84 valence electrons. The molecule has 1 rings (SSSR count). The third-order valence-electron chi connectivity index (χ3n) is 2.81. The SMILES string of the molecule is Cc1c(N)c(C)n(C(C)C)c(=O)c1CN. The summed E-state index contributed by atoms with van der Waals surface area (Å²) in [5, 5.41) is 0. The number of nitrogens with zero attached hydrogens (tertiary/aromatic N) is 1. The van der Waals surface area contributed by atoms with E-state index >= 15 is 0 Å². The molecule has 1 aromatic rings. The molecule has 15 heavy (non-hydrogen) atoms. The molecular weight excluding hydrogens is 190 g/mol. The number of nitrogen functional groups attached to an aromatic ring is 1. The molecule has 0 bridgehead atoms. The van der Waals surface area contributed by atoms with Gasteiger partial charge in [-0.25, -0.2) is 0 Å². The fourth-order valence-electron chi connectivity index (χ4n) is 1.88. The predicted octanol–water partition coefficient (Wildman–Crippen LogP) is 1.09. The van der Waals surface area contributed by atoms with Crippen LogP contribution >= 0.6 is 0 Å². The molecule has 0 amide bonds. The molecule has 0 spiro atoms. The molecule has 0 saturated carbocycles. The van der Waals surface area contributed by atoms with Crippen LogP contribution in [0.5, 0.6) is 0 Å². The Balaban J connectivity index is 3.69. The summed E-state index contributed by atoms with van der Waals surface area (Å²) in [6.45, 7) is 7.87. The Bertz CT molecular complexity index is 432. The van der Waals surface area contributed by atoms with Crippen LogP contribution in [-0.4, -0.2) is 4.57 Å².